The van der Waals surface area contributed by atoms with E-state index in [1.54, 1.807) is 4.90 Å². The minimum atomic E-state index is 0.0746. The van der Waals surface area contributed by atoms with Gasteiger partial charge in [-0.2, -0.15) is 0 Å². The topological polar surface area (TPSA) is 20.3 Å². The van der Waals surface area contributed by atoms with Crippen LogP contribution in [0.3, 0.4) is 0 Å². The Labute approximate surface area is 131 Å². The third-order valence-corrected chi connectivity index (χ3v) is 5.14. The van der Waals surface area contributed by atoms with Gasteiger partial charge in [-0.3, -0.25) is 4.79 Å². The van der Waals surface area contributed by atoms with Gasteiger partial charge in [0.2, 0.25) is 0 Å². The van der Waals surface area contributed by atoms with Crippen molar-refractivity contribution in [3.63, 3.8) is 0 Å². The molecule has 0 aliphatic heterocycles. The average Bonchev–Trinajstić information content (AvgIpc) is 2.95. The van der Waals surface area contributed by atoms with Gasteiger partial charge in [-0.05, 0) is 42.2 Å². The van der Waals surface area contributed by atoms with Gasteiger partial charge in [0, 0.05) is 28.9 Å². The van der Waals surface area contributed by atoms with Crippen LogP contribution in [0, 0.1) is 0 Å². The smallest absolute Gasteiger partial charge is 0.253 e. The summed E-state index contributed by atoms with van der Waals surface area (Å²) in [6.07, 6.45) is 0. The van der Waals surface area contributed by atoms with E-state index in [2.05, 4.69) is 32.9 Å². The Hall–Kier alpha value is -1.61. The van der Waals surface area contributed by atoms with Gasteiger partial charge in [0.25, 0.3) is 5.91 Å². The molecule has 1 aromatic carbocycles. The van der Waals surface area contributed by atoms with Crippen LogP contribution < -0.4 is 0 Å². The molecule has 0 aliphatic rings. The quantitative estimate of drug-likeness (QED) is 0.797. The van der Waals surface area contributed by atoms with Crippen LogP contribution >= 0.6 is 11.3 Å². The van der Waals surface area contributed by atoms with E-state index in [9.17, 15) is 4.79 Å². The Bertz CT molecular complexity index is 619. The molecule has 2 nitrogen and oxygen atoms in total. The molecule has 2 aromatic rings. The molecule has 0 aliphatic carbocycles. The van der Waals surface area contributed by atoms with Gasteiger partial charge in [0.05, 0.1) is 0 Å². The van der Waals surface area contributed by atoms with Crippen LogP contribution in [-0.4, -0.2) is 24.4 Å². The molecule has 112 valence electrons. The van der Waals surface area contributed by atoms with E-state index in [0.29, 0.717) is 0 Å². The summed E-state index contributed by atoms with van der Waals surface area (Å²) in [4.78, 5) is 16.4. The van der Waals surface area contributed by atoms with E-state index >= 15 is 0 Å². The largest absolute Gasteiger partial charge is 0.342 e. The second kappa shape index (κ2) is 6.02. The molecular formula is C18H23NOS. The Kier molecular flexibility index (Phi) is 4.52. The zero-order chi connectivity index (χ0) is 15.6. The predicted molar refractivity (Wildman–Crippen MR) is 91.1 cm³/mol. The SMILES string of the molecule is CCN(C)C(=O)c1ccc(-c2ccc(C(C)(C)C)s2)cc1. The second-order valence-electron chi connectivity index (χ2n) is 6.31. The highest BCUT2D eigenvalue weighted by Crippen LogP contribution is 2.34. The molecule has 0 fully saturated rings. The van der Waals surface area contributed by atoms with Gasteiger partial charge in [-0.15, -0.1) is 11.3 Å². The normalized spacial score (nSPS) is 11.5. The van der Waals surface area contributed by atoms with Crippen molar-refractivity contribution in [3.8, 4) is 10.4 Å². The van der Waals surface area contributed by atoms with Crippen molar-refractivity contribution in [1.82, 2.24) is 4.90 Å². The van der Waals surface area contributed by atoms with Crippen LogP contribution in [0.1, 0.15) is 42.9 Å². The predicted octanol–water partition coefficient (Wildman–Crippen LogP) is 4.80. The first-order chi connectivity index (χ1) is 9.82. The fourth-order valence-electron chi connectivity index (χ4n) is 2.04. The molecule has 0 radical (unpaired) electrons. The summed E-state index contributed by atoms with van der Waals surface area (Å²) in [5, 5.41) is 0. The third kappa shape index (κ3) is 3.53. The molecule has 0 saturated heterocycles. The fraction of sp³-hybridized carbons (Fsp3) is 0.389. The molecule has 0 atom stereocenters. The number of carbonyl (C=O) groups is 1. The van der Waals surface area contributed by atoms with Gasteiger partial charge in [0.15, 0.2) is 0 Å². The van der Waals surface area contributed by atoms with Gasteiger partial charge in [-0.25, -0.2) is 0 Å². The summed E-state index contributed by atoms with van der Waals surface area (Å²) in [6.45, 7) is 9.38. The molecule has 3 heteroatoms. The average molecular weight is 301 g/mol. The monoisotopic (exact) mass is 301 g/mol. The molecule has 1 aromatic heterocycles. The van der Waals surface area contributed by atoms with Gasteiger partial charge >= 0.3 is 0 Å². The molecule has 0 spiro atoms. The molecule has 0 N–H and O–H groups in total. The summed E-state index contributed by atoms with van der Waals surface area (Å²) in [7, 11) is 1.82. The van der Waals surface area contributed by atoms with Crippen molar-refractivity contribution in [2.75, 3.05) is 13.6 Å². The van der Waals surface area contributed by atoms with Crippen LogP contribution in [0.15, 0.2) is 36.4 Å². The molecule has 1 heterocycles. The molecular weight excluding hydrogens is 278 g/mol. The number of nitrogens with zero attached hydrogens (tertiary/aromatic N) is 1. The standard InChI is InChI=1S/C18H23NOS/c1-6-19(5)17(20)14-9-7-13(8-10-14)15-11-12-16(21-15)18(2,3)4/h7-12H,6H2,1-5H3. The first-order valence-corrected chi connectivity index (χ1v) is 8.11. The first kappa shape index (κ1) is 15.8. The lowest BCUT2D eigenvalue weighted by molar-refractivity contribution is 0.0802. The maximum atomic E-state index is 12.1. The second-order valence-corrected chi connectivity index (χ2v) is 7.39. The number of carbonyl (C=O) groups excluding carboxylic acids is 1. The lowest BCUT2D eigenvalue weighted by atomic mass is 9.95. The van der Waals surface area contributed by atoms with Gasteiger partial charge in [0.1, 0.15) is 0 Å². The van der Waals surface area contributed by atoms with Crippen LogP contribution in [0.4, 0.5) is 0 Å². The number of amides is 1. The maximum Gasteiger partial charge on any atom is 0.253 e. The van der Waals surface area contributed by atoms with Crippen molar-refractivity contribution in [1.29, 1.82) is 0 Å². The Morgan fingerprint density at radius 2 is 1.71 bits per heavy atom. The molecule has 0 unspecified atom stereocenters. The number of hydrogen-bond acceptors (Lipinski definition) is 2. The summed E-state index contributed by atoms with van der Waals surface area (Å²) in [6, 6.07) is 12.3. The van der Waals surface area contributed by atoms with Crippen LogP contribution in [0.5, 0.6) is 0 Å². The van der Waals surface area contributed by atoms with E-state index in [1.807, 2.05) is 49.6 Å². The molecule has 1 amide bonds. The zero-order valence-corrected chi connectivity index (χ0v) is 14.3. The van der Waals surface area contributed by atoms with Gasteiger partial charge < -0.3 is 4.90 Å². The number of rotatable bonds is 3. The van der Waals surface area contributed by atoms with Gasteiger partial charge in [-0.1, -0.05) is 32.9 Å². The third-order valence-electron chi connectivity index (χ3n) is 3.58. The van der Waals surface area contributed by atoms with E-state index in [0.717, 1.165) is 12.1 Å². The van der Waals surface area contributed by atoms with Crippen molar-refractivity contribution >= 4 is 17.2 Å². The van der Waals surface area contributed by atoms with Crippen LogP contribution in [0.2, 0.25) is 0 Å². The molecule has 0 saturated carbocycles. The van der Waals surface area contributed by atoms with E-state index < -0.39 is 0 Å². The maximum absolute atomic E-state index is 12.1. The minimum absolute atomic E-state index is 0.0746. The van der Waals surface area contributed by atoms with Crippen molar-refractivity contribution in [2.45, 2.75) is 33.1 Å². The summed E-state index contributed by atoms with van der Waals surface area (Å²) >= 11 is 1.82. The number of thiophene rings is 1. The fourth-order valence-corrected chi connectivity index (χ4v) is 3.11. The lowest BCUT2D eigenvalue weighted by Gasteiger charge is -2.15. The van der Waals surface area contributed by atoms with Crippen LogP contribution in [-0.2, 0) is 5.41 Å². The summed E-state index contributed by atoms with van der Waals surface area (Å²) < 4.78 is 0. The van der Waals surface area contributed by atoms with E-state index in [-0.39, 0.29) is 11.3 Å². The molecule has 0 bridgehead atoms. The lowest BCUT2D eigenvalue weighted by Crippen LogP contribution is -2.26. The highest BCUT2D eigenvalue weighted by atomic mass is 32.1. The van der Waals surface area contributed by atoms with Crippen molar-refractivity contribution in [2.24, 2.45) is 0 Å². The Morgan fingerprint density at radius 1 is 1.10 bits per heavy atom. The van der Waals surface area contributed by atoms with E-state index in [1.165, 1.54) is 15.3 Å². The Balaban J connectivity index is 2.23. The zero-order valence-electron chi connectivity index (χ0n) is 13.4. The van der Waals surface area contributed by atoms with E-state index in [4.69, 9.17) is 0 Å². The number of benzene rings is 1. The van der Waals surface area contributed by atoms with Crippen molar-refractivity contribution in [3.05, 3.63) is 46.8 Å². The minimum Gasteiger partial charge on any atom is -0.342 e. The Morgan fingerprint density at radius 3 is 2.19 bits per heavy atom. The number of hydrogen-bond donors (Lipinski definition) is 0. The highest BCUT2D eigenvalue weighted by molar-refractivity contribution is 7.15. The first-order valence-electron chi connectivity index (χ1n) is 7.29. The van der Waals surface area contributed by atoms with Crippen LogP contribution in [0.25, 0.3) is 10.4 Å². The summed E-state index contributed by atoms with van der Waals surface area (Å²) in [5.74, 6) is 0.0746. The highest BCUT2D eigenvalue weighted by Gasteiger charge is 2.17. The van der Waals surface area contributed by atoms with Crippen molar-refractivity contribution < 1.29 is 4.79 Å². The summed E-state index contributed by atoms with van der Waals surface area (Å²) in [5.41, 5.74) is 2.10. The molecule has 2 rings (SSSR count). The molecule has 21 heavy (non-hydrogen) atoms.